The highest BCUT2D eigenvalue weighted by atomic mass is 32.1. The van der Waals surface area contributed by atoms with Crippen molar-refractivity contribution < 1.29 is 9.66 Å². The number of hydrogen-bond acceptors (Lipinski definition) is 6. The summed E-state index contributed by atoms with van der Waals surface area (Å²) in [5, 5.41) is 11.7. The normalized spacial score (nSPS) is 16.8. The highest BCUT2D eigenvalue weighted by Gasteiger charge is 2.23. The molecule has 2 aromatic heterocycles. The fraction of sp³-hybridized carbons (Fsp3) is 0.294. The zero-order chi connectivity index (χ0) is 16.7. The van der Waals surface area contributed by atoms with Gasteiger partial charge in [0.2, 0.25) is 5.88 Å². The fourth-order valence-corrected chi connectivity index (χ4v) is 4.41. The van der Waals surface area contributed by atoms with Gasteiger partial charge in [0.15, 0.2) is 0 Å². The Kier molecular flexibility index (Phi) is 3.65. The zero-order valence-electron chi connectivity index (χ0n) is 13.1. The lowest BCUT2D eigenvalue weighted by Gasteiger charge is -2.18. The highest BCUT2D eigenvalue weighted by Crippen LogP contribution is 2.41. The molecule has 7 heteroatoms. The Bertz CT molecular complexity index is 921. The van der Waals surface area contributed by atoms with Gasteiger partial charge in [0.25, 0.3) is 5.69 Å². The predicted octanol–water partition coefficient (Wildman–Crippen LogP) is 4.52. The summed E-state index contributed by atoms with van der Waals surface area (Å²) in [6.07, 6.45) is 4.76. The fourth-order valence-electron chi connectivity index (χ4n) is 3.07. The highest BCUT2D eigenvalue weighted by molar-refractivity contribution is 7.18. The molecule has 0 radical (unpaired) electrons. The van der Waals surface area contributed by atoms with E-state index in [4.69, 9.17) is 4.74 Å². The van der Waals surface area contributed by atoms with Gasteiger partial charge in [-0.05, 0) is 42.9 Å². The molecule has 6 nitrogen and oxygen atoms in total. The monoisotopic (exact) mass is 341 g/mol. The maximum atomic E-state index is 10.7. The molecule has 4 rings (SSSR count). The van der Waals surface area contributed by atoms with Crippen LogP contribution in [0.4, 0.5) is 5.69 Å². The van der Waals surface area contributed by atoms with Crippen LogP contribution in [0.2, 0.25) is 0 Å². The third-order valence-corrected chi connectivity index (χ3v) is 5.48. The van der Waals surface area contributed by atoms with Crippen molar-refractivity contribution in [3.05, 3.63) is 51.1 Å². The first kappa shape index (κ1) is 15.0. The van der Waals surface area contributed by atoms with Gasteiger partial charge in [0, 0.05) is 17.0 Å². The summed E-state index contributed by atoms with van der Waals surface area (Å²) in [5.41, 5.74) is 1.34. The largest absolute Gasteiger partial charge is 0.438 e. The van der Waals surface area contributed by atoms with E-state index >= 15 is 0 Å². The Morgan fingerprint density at radius 1 is 1.29 bits per heavy atom. The number of hydrogen-bond donors (Lipinski definition) is 0. The van der Waals surface area contributed by atoms with Crippen molar-refractivity contribution in [1.29, 1.82) is 0 Å². The first-order chi connectivity index (χ1) is 11.6. The molecule has 0 aliphatic heterocycles. The van der Waals surface area contributed by atoms with Crippen LogP contribution in [-0.2, 0) is 12.8 Å². The second kappa shape index (κ2) is 5.83. The molecule has 3 aromatic rings. The van der Waals surface area contributed by atoms with E-state index in [0.717, 1.165) is 29.5 Å². The summed E-state index contributed by atoms with van der Waals surface area (Å²) < 4.78 is 5.91. The summed E-state index contributed by atoms with van der Waals surface area (Å²) in [7, 11) is 0. The minimum absolute atomic E-state index is 0.0390. The second-order valence-corrected chi connectivity index (χ2v) is 7.15. The minimum Gasteiger partial charge on any atom is -0.438 e. The van der Waals surface area contributed by atoms with Gasteiger partial charge < -0.3 is 4.74 Å². The Morgan fingerprint density at radius 3 is 2.83 bits per heavy atom. The molecule has 0 bridgehead atoms. The lowest BCUT2D eigenvalue weighted by atomic mass is 9.89. The molecule has 1 unspecified atom stereocenters. The Morgan fingerprint density at radius 2 is 2.08 bits per heavy atom. The predicted molar refractivity (Wildman–Crippen MR) is 91.8 cm³/mol. The molecular formula is C17H15N3O3S. The van der Waals surface area contributed by atoms with Gasteiger partial charge in [-0.15, -0.1) is 11.3 Å². The zero-order valence-corrected chi connectivity index (χ0v) is 13.9. The smallest absolute Gasteiger partial charge is 0.269 e. The van der Waals surface area contributed by atoms with Crippen LogP contribution in [0.25, 0.3) is 10.2 Å². The molecule has 1 aromatic carbocycles. The maximum absolute atomic E-state index is 10.7. The van der Waals surface area contributed by atoms with Gasteiger partial charge in [-0.1, -0.05) is 6.92 Å². The van der Waals surface area contributed by atoms with Crippen LogP contribution in [-0.4, -0.2) is 14.9 Å². The Hall–Kier alpha value is -2.54. The van der Waals surface area contributed by atoms with E-state index in [0.29, 0.717) is 17.5 Å². The summed E-state index contributed by atoms with van der Waals surface area (Å²) in [6, 6.07) is 6.04. The van der Waals surface area contributed by atoms with E-state index in [-0.39, 0.29) is 5.69 Å². The molecule has 122 valence electrons. The number of thiophene rings is 1. The number of nitro benzene ring substituents is 1. The number of non-ortho nitro benzene ring substituents is 1. The molecule has 0 N–H and O–H groups in total. The molecule has 0 fully saturated rings. The van der Waals surface area contributed by atoms with E-state index in [1.807, 2.05) is 0 Å². The van der Waals surface area contributed by atoms with Crippen molar-refractivity contribution in [3.8, 4) is 11.6 Å². The van der Waals surface area contributed by atoms with Crippen LogP contribution in [0.3, 0.4) is 0 Å². The maximum Gasteiger partial charge on any atom is 0.269 e. The molecule has 0 spiro atoms. The number of ether oxygens (including phenoxy) is 1. The average Bonchev–Trinajstić information content (AvgIpc) is 2.93. The van der Waals surface area contributed by atoms with E-state index in [9.17, 15) is 10.1 Å². The number of nitro groups is 1. The van der Waals surface area contributed by atoms with Crippen LogP contribution in [0.15, 0.2) is 30.6 Å². The van der Waals surface area contributed by atoms with Gasteiger partial charge in [0.05, 0.1) is 10.3 Å². The van der Waals surface area contributed by atoms with E-state index in [1.165, 1.54) is 28.9 Å². The lowest BCUT2D eigenvalue weighted by molar-refractivity contribution is -0.384. The first-order valence-electron chi connectivity index (χ1n) is 7.79. The van der Waals surface area contributed by atoms with Crippen LogP contribution in [0, 0.1) is 16.0 Å². The van der Waals surface area contributed by atoms with Crippen molar-refractivity contribution in [2.75, 3.05) is 0 Å². The van der Waals surface area contributed by atoms with Gasteiger partial charge >= 0.3 is 0 Å². The van der Waals surface area contributed by atoms with Crippen LogP contribution >= 0.6 is 11.3 Å². The first-order valence-corrected chi connectivity index (χ1v) is 8.61. The molecule has 2 heterocycles. The Labute approximate surface area is 142 Å². The number of rotatable bonds is 3. The number of nitrogens with zero attached hydrogens (tertiary/aromatic N) is 3. The van der Waals surface area contributed by atoms with Crippen molar-refractivity contribution in [1.82, 2.24) is 9.97 Å². The Balaban J connectivity index is 1.73. The molecule has 1 aliphatic rings. The average molecular weight is 341 g/mol. The van der Waals surface area contributed by atoms with E-state index < -0.39 is 4.92 Å². The quantitative estimate of drug-likeness (QED) is 0.517. The number of aromatic nitrogens is 2. The summed E-state index contributed by atoms with van der Waals surface area (Å²) >= 11 is 1.71. The molecular weight excluding hydrogens is 326 g/mol. The van der Waals surface area contributed by atoms with Gasteiger partial charge in [-0.2, -0.15) is 0 Å². The number of fused-ring (bicyclic) bond motifs is 3. The third-order valence-electron chi connectivity index (χ3n) is 4.32. The molecule has 0 amide bonds. The third kappa shape index (κ3) is 2.60. The van der Waals surface area contributed by atoms with Crippen molar-refractivity contribution in [3.63, 3.8) is 0 Å². The SMILES string of the molecule is CC1CCc2c(sc3ncnc(Oc4ccc([N+](=O)[O-])cc4)c23)C1. The number of benzene rings is 1. The van der Waals surface area contributed by atoms with E-state index in [1.54, 1.807) is 23.5 Å². The van der Waals surface area contributed by atoms with E-state index in [2.05, 4.69) is 16.9 Å². The second-order valence-electron chi connectivity index (χ2n) is 6.06. The van der Waals surface area contributed by atoms with Gasteiger partial charge in [-0.3, -0.25) is 10.1 Å². The summed E-state index contributed by atoms with van der Waals surface area (Å²) in [4.78, 5) is 21.3. The molecule has 24 heavy (non-hydrogen) atoms. The molecule has 1 atom stereocenters. The van der Waals surface area contributed by atoms with Crippen molar-refractivity contribution in [2.45, 2.75) is 26.2 Å². The van der Waals surface area contributed by atoms with Gasteiger partial charge in [0.1, 0.15) is 16.9 Å². The van der Waals surface area contributed by atoms with Gasteiger partial charge in [-0.25, -0.2) is 9.97 Å². The minimum atomic E-state index is -0.427. The summed E-state index contributed by atoms with van der Waals surface area (Å²) in [5.74, 6) is 1.75. The van der Waals surface area contributed by atoms with Crippen LogP contribution in [0.5, 0.6) is 11.6 Å². The lowest BCUT2D eigenvalue weighted by Crippen LogP contribution is -2.08. The summed E-state index contributed by atoms with van der Waals surface area (Å²) in [6.45, 7) is 2.27. The molecule has 0 saturated heterocycles. The topological polar surface area (TPSA) is 78.2 Å². The molecule has 0 saturated carbocycles. The van der Waals surface area contributed by atoms with Crippen LogP contribution < -0.4 is 4.74 Å². The van der Waals surface area contributed by atoms with Crippen molar-refractivity contribution >= 4 is 27.2 Å². The van der Waals surface area contributed by atoms with Crippen molar-refractivity contribution in [2.24, 2.45) is 5.92 Å². The standard InChI is InChI=1S/C17H15N3O3S/c1-10-2-7-13-14(8-10)24-17-15(13)16(18-9-19-17)23-12-5-3-11(4-6-12)20(21)22/h3-6,9-10H,2,7-8H2,1H3. The van der Waals surface area contributed by atoms with Crippen LogP contribution in [0.1, 0.15) is 23.8 Å². The molecule has 1 aliphatic carbocycles. The number of aryl methyl sites for hydroxylation is 1.